The Labute approximate surface area is 158 Å². The summed E-state index contributed by atoms with van der Waals surface area (Å²) in [5.41, 5.74) is -0.404. The predicted molar refractivity (Wildman–Crippen MR) is 95.2 cm³/mol. The van der Waals surface area contributed by atoms with Crippen molar-refractivity contribution in [3.05, 3.63) is 71.4 Å². The number of hydrogen-bond acceptors (Lipinski definition) is 5. The van der Waals surface area contributed by atoms with Crippen LogP contribution in [-0.4, -0.2) is 19.0 Å². The largest absolute Gasteiger partial charge is 0.465 e. The molecule has 0 saturated heterocycles. The molecule has 0 saturated carbocycles. The quantitative estimate of drug-likeness (QED) is 0.459. The first-order chi connectivity index (χ1) is 13.2. The van der Waals surface area contributed by atoms with E-state index in [-0.39, 0.29) is 16.8 Å². The van der Waals surface area contributed by atoms with Crippen LogP contribution in [0.25, 0.3) is 0 Å². The van der Waals surface area contributed by atoms with Crippen molar-refractivity contribution in [3.63, 3.8) is 0 Å². The molecule has 9 heteroatoms. The molecule has 0 atom stereocenters. The highest BCUT2D eigenvalue weighted by molar-refractivity contribution is 6.04. The molecule has 0 radical (unpaired) electrons. The van der Waals surface area contributed by atoms with Gasteiger partial charge in [-0.1, -0.05) is 6.07 Å². The third-order valence-corrected chi connectivity index (χ3v) is 3.50. The molecule has 1 amide bonds. The Morgan fingerprint density at radius 3 is 2.36 bits per heavy atom. The van der Waals surface area contributed by atoms with Crippen molar-refractivity contribution in [2.45, 2.75) is 6.18 Å². The van der Waals surface area contributed by atoms with E-state index in [0.717, 1.165) is 25.4 Å². The lowest BCUT2D eigenvalue weighted by atomic mass is 10.1. The summed E-state index contributed by atoms with van der Waals surface area (Å²) in [7, 11) is 1.14. The summed E-state index contributed by atoms with van der Waals surface area (Å²) in [4.78, 5) is 23.5. The first kappa shape index (κ1) is 20.5. The van der Waals surface area contributed by atoms with Crippen molar-refractivity contribution in [2.24, 2.45) is 0 Å². The maximum absolute atomic E-state index is 12.7. The molecule has 0 fully saturated rings. The van der Waals surface area contributed by atoms with E-state index in [1.165, 1.54) is 36.4 Å². The molecule has 28 heavy (non-hydrogen) atoms. The number of nitrogens with one attached hydrogen (secondary N) is 2. The number of methoxy groups -OCH3 is 1. The van der Waals surface area contributed by atoms with Crippen molar-refractivity contribution >= 4 is 23.3 Å². The summed E-state index contributed by atoms with van der Waals surface area (Å²) >= 11 is 0. The second-order valence-electron chi connectivity index (χ2n) is 5.42. The molecule has 0 aliphatic heterocycles. The number of rotatable bonds is 5. The minimum Gasteiger partial charge on any atom is -0.465 e. The lowest BCUT2D eigenvalue weighted by Gasteiger charge is -2.10. The third-order valence-electron chi connectivity index (χ3n) is 3.50. The van der Waals surface area contributed by atoms with Gasteiger partial charge in [0.25, 0.3) is 5.91 Å². The molecule has 144 valence electrons. The Bertz CT molecular complexity index is 945. The average Bonchev–Trinajstić information content (AvgIpc) is 2.68. The van der Waals surface area contributed by atoms with Crippen LogP contribution in [0.1, 0.15) is 15.9 Å². The number of hydrogen-bond donors (Lipinski definition) is 2. The SMILES string of the molecule is COC(=O)/C(C#N)=C\Nc1ccc(C(=O)Nc2cccc(C(F)(F)F)c2)cc1. The van der Waals surface area contributed by atoms with Crippen LogP contribution < -0.4 is 10.6 Å². The number of anilines is 2. The highest BCUT2D eigenvalue weighted by Gasteiger charge is 2.30. The van der Waals surface area contributed by atoms with Gasteiger partial charge in [-0.15, -0.1) is 0 Å². The van der Waals surface area contributed by atoms with Gasteiger partial charge in [0.1, 0.15) is 6.07 Å². The highest BCUT2D eigenvalue weighted by atomic mass is 19.4. The van der Waals surface area contributed by atoms with Crippen LogP contribution in [0.4, 0.5) is 24.5 Å². The summed E-state index contributed by atoms with van der Waals surface area (Å²) < 4.78 is 42.6. The second kappa shape index (κ2) is 8.73. The summed E-state index contributed by atoms with van der Waals surface area (Å²) in [6.45, 7) is 0. The predicted octanol–water partition coefficient (Wildman–Crippen LogP) is 3.95. The number of benzene rings is 2. The number of carbonyl (C=O) groups excluding carboxylic acids is 2. The van der Waals surface area contributed by atoms with Gasteiger partial charge in [0.15, 0.2) is 5.57 Å². The van der Waals surface area contributed by atoms with Crippen molar-refractivity contribution in [3.8, 4) is 6.07 Å². The van der Waals surface area contributed by atoms with E-state index in [0.29, 0.717) is 5.69 Å². The minimum absolute atomic E-state index is 0.0155. The van der Waals surface area contributed by atoms with Gasteiger partial charge in [0.05, 0.1) is 12.7 Å². The van der Waals surface area contributed by atoms with Gasteiger partial charge >= 0.3 is 12.1 Å². The number of esters is 1. The average molecular weight is 389 g/mol. The minimum atomic E-state index is -4.51. The van der Waals surface area contributed by atoms with Crippen LogP contribution in [-0.2, 0) is 15.7 Å². The Kier molecular flexibility index (Phi) is 6.39. The van der Waals surface area contributed by atoms with E-state index in [2.05, 4.69) is 15.4 Å². The van der Waals surface area contributed by atoms with E-state index >= 15 is 0 Å². The topological polar surface area (TPSA) is 91.2 Å². The maximum Gasteiger partial charge on any atom is 0.416 e. The Morgan fingerprint density at radius 2 is 1.79 bits per heavy atom. The van der Waals surface area contributed by atoms with Gasteiger partial charge in [0, 0.05) is 23.1 Å². The molecular weight excluding hydrogens is 375 g/mol. The van der Waals surface area contributed by atoms with Gasteiger partial charge < -0.3 is 15.4 Å². The molecular formula is C19H14F3N3O3. The maximum atomic E-state index is 12.7. The zero-order chi connectivity index (χ0) is 20.7. The first-order valence-electron chi connectivity index (χ1n) is 7.78. The second-order valence-corrected chi connectivity index (χ2v) is 5.42. The Morgan fingerprint density at radius 1 is 1.11 bits per heavy atom. The molecule has 0 heterocycles. The van der Waals surface area contributed by atoms with Gasteiger partial charge in [-0.05, 0) is 42.5 Å². The fraction of sp³-hybridized carbons (Fsp3) is 0.105. The zero-order valence-electron chi connectivity index (χ0n) is 14.5. The van der Waals surface area contributed by atoms with Crippen LogP contribution in [0.5, 0.6) is 0 Å². The van der Waals surface area contributed by atoms with E-state index in [1.54, 1.807) is 6.07 Å². The van der Waals surface area contributed by atoms with Gasteiger partial charge in [0.2, 0.25) is 0 Å². The number of ether oxygens (including phenoxy) is 1. The molecule has 0 bridgehead atoms. The van der Waals surface area contributed by atoms with Crippen molar-refractivity contribution < 1.29 is 27.5 Å². The van der Waals surface area contributed by atoms with Crippen LogP contribution in [0.3, 0.4) is 0 Å². The van der Waals surface area contributed by atoms with E-state index in [9.17, 15) is 22.8 Å². The molecule has 2 aromatic rings. The molecule has 0 aliphatic carbocycles. The van der Waals surface area contributed by atoms with E-state index in [4.69, 9.17) is 5.26 Å². The van der Waals surface area contributed by atoms with Gasteiger partial charge in [-0.3, -0.25) is 4.79 Å². The van der Waals surface area contributed by atoms with Crippen molar-refractivity contribution in [1.29, 1.82) is 5.26 Å². The standard InChI is InChI=1S/C19H14F3N3O3/c1-28-18(27)13(10-23)11-24-15-7-5-12(6-8-15)17(26)25-16-4-2-3-14(9-16)19(20,21)22/h2-9,11,24H,1H3,(H,25,26)/b13-11-. The van der Waals surface area contributed by atoms with Crippen LogP contribution >= 0.6 is 0 Å². The van der Waals surface area contributed by atoms with Crippen LogP contribution in [0.2, 0.25) is 0 Å². The number of nitrogens with zero attached hydrogens (tertiary/aromatic N) is 1. The van der Waals surface area contributed by atoms with E-state index in [1.807, 2.05) is 0 Å². The summed E-state index contributed by atoms with van der Waals surface area (Å²) in [5, 5.41) is 14.0. The number of alkyl halides is 3. The molecule has 0 spiro atoms. The normalized spacial score (nSPS) is 11.3. The Balaban J connectivity index is 2.07. The Hall–Kier alpha value is -3.80. The molecule has 2 N–H and O–H groups in total. The molecule has 2 aromatic carbocycles. The molecule has 0 aliphatic rings. The number of halogens is 3. The molecule has 0 aromatic heterocycles. The molecule has 2 rings (SSSR count). The lowest BCUT2D eigenvalue weighted by molar-refractivity contribution is -0.137. The number of carbonyl (C=O) groups is 2. The van der Waals surface area contributed by atoms with Gasteiger partial charge in [-0.25, -0.2) is 4.79 Å². The van der Waals surface area contributed by atoms with Gasteiger partial charge in [-0.2, -0.15) is 18.4 Å². The van der Waals surface area contributed by atoms with Crippen LogP contribution in [0.15, 0.2) is 60.3 Å². The fourth-order valence-corrected chi connectivity index (χ4v) is 2.10. The number of amides is 1. The van der Waals surface area contributed by atoms with Crippen LogP contribution in [0, 0.1) is 11.3 Å². The third kappa shape index (κ3) is 5.35. The smallest absolute Gasteiger partial charge is 0.416 e. The lowest BCUT2D eigenvalue weighted by Crippen LogP contribution is -2.13. The summed E-state index contributed by atoms with van der Waals surface area (Å²) in [5.74, 6) is -1.39. The van der Waals surface area contributed by atoms with Crippen molar-refractivity contribution in [2.75, 3.05) is 17.7 Å². The molecule has 0 unspecified atom stereocenters. The van der Waals surface area contributed by atoms with E-state index < -0.39 is 23.6 Å². The highest BCUT2D eigenvalue weighted by Crippen LogP contribution is 2.30. The zero-order valence-corrected chi connectivity index (χ0v) is 14.5. The molecule has 6 nitrogen and oxygen atoms in total. The van der Waals surface area contributed by atoms with Crippen molar-refractivity contribution in [1.82, 2.24) is 0 Å². The summed E-state index contributed by atoms with van der Waals surface area (Å²) in [6, 6.07) is 11.9. The first-order valence-corrected chi connectivity index (χ1v) is 7.78. The fourth-order valence-electron chi connectivity index (χ4n) is 2.10. The monoisotopic (exact) mass is 389 g/mol. The summed E-state index contributed by atoms with van der Waals surface area (Å²) in [6.07, 6.45) is -3.35. The number of nitriles is 1.